The van der Waals surface area contributed by atoms with Crippen LogP contribution in [0.2, 0.25) is 0 Å². The number of aromatic nitrogens is 1. The van der Waals surface area contributed by atoms with Crippen LogP contribution in [0.25, 0.3) is 22.0 Å². The minimum Gasteiger partial charge on any atom is -0.513 e. The fourth-order valence-corrected chi connectivity index (χ4v) is 3.30. The number of hydrogen-bond donors (Lipinski definition) is 3. The number of nitrogens with zero attached hydrogens (tertiary/aromatic N) is 2. The van der Waals surface area contributed by atoms with Crippen molar-refractivity contribution in [2.45, 2.75) is 0 Å². The molecule has 0 fully saturated rings. The highest BCUT2D eigenvalue weighted by Gasteiger charge is 2.21. The second kappa shape index (κ2) is 6.81. The van der Waals surface area contributed by atoms with Gasteiger partial charge in [0.15, 0.2) is 0 Å². The van der Waals surface area contributed by atoms with Crippen molar-refractivity contribution in [2.24, 2.45) is 4.99 Å². The van der Waals surface area contributed by atoms with Gasteiger partial charge < -0.3 is 10.4 Å². The molecule has 0 saturated heterocycles. The molecule has 4 rings (SSSR count). The monoisotopic (exact) mass is 362 g/mol. The first kappa shape index (κ1) is 16.0. The summed E-state index contributed by atoms with van der Waals surface area (Å²) < 4.78 is 1.05. The average molecular weight is 362 g/mol. The third kappa shape index (κ3) is 3.20. The number of carbonyl (C=O) groups is 1. The van der Waals surface area contributed by atoms with Crippen molar-refractivity contribution in [1.82, 2.24) is 15.6 Å². The second-order valence-electron chi connectivity index (χ2n) is 5.56. The summed E-state index contributed by atoms with van der Waals surface area (Å²) in [6, 6.07) is 15.1. The second-order valence-corrected chi connectivity index (χ2v) is 6.44. The van der Waals surface area contributed by atoms with Gasteiger partial charge in [0.1, 0.15) is 12.0 Å². The van der Waals surface area contributed by atoms with E-state index < -0.39 is 0 Å². The van der Waals surface area contributed by atoms with Crippen molar-refractivity contribution in [1.29, 1.82) is 0 Å². The highest BCUT2D eigenvalue weighted by Crippen LogP contribution is 2.21. The molecule has 0 unspecified atom stereocenters. The fraction of sp³-hybridized carbons (Fsp3) is 0. The van der Waals surface area contributed by atoms with Crippen LogP contribution in [0.3, 0.4) is 0 Å². The van der Waals surface area contributed by atoms with Gasteiger partial charge >= 0.3 is 0 Å². The van der Waals surface area contributed by atoms with Crippen molar-refractivity contribution in [3.63, 3.8) is 0 Å². The van der Waals surface area contributed by atoms with Crippen LogP contribution in [0.4, 0.5) is 0 Å². The number of aliphatic hydroxyl groups excluding tert-OH is 1. The van der Waals surface area contributed by atoms with Crippen LogP contribution in [0.5, 0.6) is 0 Å². The summed E-state index contributed by atoms with van der Waals surface area (Å²) in [5, 5.41) is 15.1. The van der Waals surface area contributed by atoms with Crippen molar-refractivity contribution in [2.75, 3.05) is 0 Å². The third-order valence-electron chi connectivity index (χ3n) is 3.82. The van der Waals surface area contributed by atoms with Gasteiger partial charge in [0.25, 0.3) is 5.91 Å². The number of guanidine groups is 1. The maximum Gasteiger partial charge on any atom is 0.276 e. The largest absolute Gasteiger partial charge is 0.513 e. The first-order valence-electron chi connectivity index (χ1n) is 7.85. The van der Waals surface area contributed by atoms with Crippen molar-refractivity contribution in [3.8, 4) is 0 Å². The Hall–Kier alpha value is -3.45. The molecule has 0 bridgehead atoms. The van der Waals surface area contributed by atoms with Crippen LogP contribution < -0.4 is 10.6 Å². The van der Waals surface area contributed by atoms with E-state index in [9.17, 15) is 9.90 Å². The number of amides is 1. The van der Waals surface area contributed by atoms with Gasteiger partial charge in [-0.1, -0.05) is 36.4 Å². The van der Waals surface area contributed by atoms with Gasteiger partial charge in [-0.15, -0.1) is 11.3 Å². The van der Waals surface area contributed by atoms with E-state index in [2.05, 4.69) is 20.6 Å². The molecule has 3 N–H and O–H groups in total. The van der Waals surface area contributed by atoms with Gasteiger partial charge in [-0.05, 0) is 23.8 Å². The number of nitrogens with one attached hydrogen (secondary N) is 2. The first-order valence-corrected chi connectivity index (χ1v) is 8.73. The Morgan fingerprint density at radius 1 is 1.19 bits per heavy atom. The van der Waals surface area contributed by atoms with Crippen molar-refractivity contribution < 1.29 is 9.90 Å². The van der Waals surface area contributed by atoms with Crippen LogP contribution in [-0.4, -0.2) is 22.0 Å². The molecule has 0 atom stereocenters. The molecular formula is C19H14N4O2S. The number of thiazole rings is 1. The van der Waals surface area contributed by atoms with Gasteiger partial charge in [0.2, 0.25) is 5.96 Å². The van der Waals surface area contributed by atoms with E-state index in [1.165, 1.54) is 0 Å². The van der Waals surface area contributed by atoms with Gasteiger partial charge in [-0.2, -0.15) is 0 Å². The zero-order valence-corrected chi connectivity index (χ0v) is 14.3. The van der Waals surface area contributed by atoms with E-state index >= 15 is 0 Å². The molecule has 7 heteroatoms. The summed E-state index contributed by atoms with van der Waals surface area (Å²) in [5.74, 6) is -0.0356. The van der Waals surface area contributed by atoms with Crippen LogP contribution in [-0.2, 0) is 4.79 Å². The van der Waals surface area contributed by atoms with Crippen LogP contribution >= 0.6 is 11.3 Å². The maximum atomic E-state index is 12.2. The van der Waals surface area contributed by atoms with Crippen LogP contribution in [0.15, 0.2) is 71.0 Å². The molecule has 26 heavy (non-hydrogen) atoms. The number of aliphatic hydroxyl groups is 1. The van der Waals surface area contributed by atoms with Crippen molar-refractivity contribution in [3.05, 3.63) is 77.1 Å². The molecular weight excluding hydrogens is 348 g/mol. The molecule has 1 aliphatic rings. The summed E-state index contributed by atoms with van der Waals surface area (Å²) >= 11 is 1.55. The van der Waals surface area contributed by atoms with E-state index in [0.29, 0.717) is 11.4 Å². The van der Waals surface area contributed by atoms with E-state index in [1.807, 2.05) is 48.5 Å². The Balaban J connectivity index is 1.58. The number of aliphatic imine (C=N–C) groups is 1. The lowest BCUT2D eigenvalue weighted by molar-refractivity contribution is -0.115. The summed E-state index contributed by atoms with van der Waals surface area (Å²) in [4.78, 5) is 20.7. The van der Waals surface area contributed by atoms with Crippen LogP contribution in [0, 0.1) is 0 Å². The Bertz CT molecular complexity index is 1070. The van der Waals surface area contributed by atoms with Crippen LogP contribution in [0.1, 0.15) is 11.1 Å². The zero-order chi connectivity index (χ0) is 17.9. The first-order chi connectivity index (χ1) is 12.7. The Labute approximate surface area is 153 Å². The minimum atomic E-state index is -0.303. The number of benzene rings is 2. The van der Waals surface area contributed by atoms with Gasteiger partial charge in [0, 0.05) is 5.56 Å². The molecule has 0 aliphatic carbocycles. The number of rotatable bonds is 3. The third-order valence-corrected chi connectivity index (χ3v) is 4.61. The quantitative estimate of drug-likeness (QED) is 0.493. The standard InChI is InChI=1S/C19H14N4O2S/c24-10-16(13-4-2-1-3-5-13)22-19-21-15(18(25)23-19)8-12-6-7-14-17(9-12)26-11-20-14/h1-11,24H,(H2,21,22,23,25)/b15-8-,16-10+. The van der Waals surface area contributed by atoms with Crippen molar-refractivity contribution >= 4 is 45.2 Å². The normalized spacial score (nSPS) is 16.0. The molecule has 128 valence electrons. The molecule has 0 radical (unpaired) electrons. The van der Waals surface area contributed by atoms with E-state index in [4.69, 9.17) is 0 Å². The predicted octanol–water partition coefficient (Wildman–Crippen LogP) is 3.27. The molecule has 1 aromatic heterocycles. The fourth-order valence-electron chi connectivity index (χ4n) is 2.57. The topological polar surface area (TPSA) is 86.6 Å². The summed E-state index contributed by atoms with van der Waals surface area (Å²) in [7, 11) is 0. The molecule has 6 nitrogen and oxygen atoms in total. The van der Waals surface area contributed by atoms with E-state index in [1.54, 1.807) is 22.9 Å². The Morgan fingerprint density at radius 3 is 2.85 bits per heavy atom. The SMILES string of the molecule is O=C1NC(N/C(=C/O)c2ccccc2)=N/C1=C\c1ccc2ncsc2c1. The molecule has 3 aromatic rings. The summed E-state index contributed by atoms with van der Waals surface area (Å²) in [6.07, 6.45) is 2.66. The maximum absolute atomic E-state index is 12.2. The highest BCUT2D eigenvalue weighted by atomic mass is 32.1. The molecule has 1 amide bonds. The zero-order valence-electron chi connectivity index (χ0n) is 13.5. The summed E-state index contributed by atoms with van der Waals surface area (Å²) in [6.45, 7) is 0. The number of fused-ring (bicyclic) bond motifs is 1. The molecule has 2 aromatic carbocycles. The lowest BCUT2D eigenvalue weighted by atomic mass is 10.2. The van der Waals surface area contributed by atoms with Gasteiger partial charge in [-0.25, -0.2) is 9.98 Å². The average Bonchev–Trinajstić information content (AvgIpc) is 3.26. The molecule has 0 spiro atoms. The molecule has 0 saturated carbocycles. The number of hydrogen-bond acceptors (Lipinski definition) is 6. The number of carbonyl (C=O) groups excluding carboxylic acids is 1. The lowest BCUT2D eigenvalue weighted by Gasteiger charge is -2.08. The van der Waals surface area contributed by atoms with E-state index in [-0.39, 0.29) is 11.9 Å². The molecule has 2 heterocycles. The lowest BCUT2D eigenvalue weighted by Crippen LogP contribution is -2.35. The van der Waals surface area contributed by atoms with Gasteiger partial charge in [0.05, 0.1) is 21.4 Å². The Kier molecular flexibility index (Phi) is 4.20. The van der Waals surface area contributed by atoms with Gasteiger partial charge in [-0.3, -0.25) is 10.1 Å². The smallest absolute Gasteiger partial charge is 0.276 e. The Morgan fingerprint density at radius 2 is 2.04 bits per heavy atom. The highest BCUT2D eigenvalue weighted by molar-refractivity contribution is 7.16. The predicted molar refractivity (Wildman–Crippen MR) is 103 cm³/mol. The molecule has 1 aliphatic heterocycles. The van der Waals surface area contributed by atoms with E-state index in [0.717, 1.165) is 27.6 Å². The minimum absolute atomic E-state index is 0.268. The summed E-state index contributed by atoms with van der Waals surface area (Å²) in [5.41, 5.74) is 5.10.